The molecule has 1 atom stereocenters. The van der Waals surface area contributed by atoms with Gasteiger partial charge < -0.3 is 4.55 Å². The van der Waals surface area contributed by atoms with Crippen molar-refractivity contribution < 1.29 is 46.7 Å². The van der Waals surface area contributed by atoms with Gasteiger partial charge in [-0.05, 0) is 18.3 Å². The Kier molecular flexibility index (Phi) is 13.2. The summed E-state index contributed by atoms with van der Waals surface area (Å²) in [7, 11) is -4.60. The zero-order valence-corrected chi connectivity index (χ0v) is 16.6. The number of hydrogen-bond acceptors (Lipinski definition) is 4. The maximum Gasteiger partial charge on any atom is 1.00 e. The van der Waals surface area contributed by atoms with E-state index >= 15 is 0 Å². The standard InChI is InChI=1S/C14H30O4S.Na/c1-5-7-8-9-10-11-13(18-19(15,16)17)12-14(3,4)6-2;/h13H,5-12H2,1-4H3,(H,15,16,17);/q;+1/p-1. The van der Waals surface area contributed by atoms with Crippen LogP contribution in [0.1, 0.15) is 79.1 Å². The van der Waals surface area contributed by atoms with E-state index in [1.807, 2.05) is 0 Å². The Morgan fingerprint density at radius 2 is 1.65 bits per heavy atom. The van der Waals surface area contributed by atoms with Crippen LogP contribution in [0.2, 0.25) is 0 Å². The van der Waals surface area contributed by atoms with E-state index in [1.165, 1.54) is 12.8 Å². The van der Waals surface area contributed by atoms with Crippen molar-refractivity contribution >= 4 is 10.4 Å². The Labute approximate surface area is 147 Å². The first kappa shape index (κ1) is 23.1. The number of rotatable bonds is 11. The van der Waals surface area contributed by atoms with Crippen LogP contribution in [0.5, 0.6) is 0 Å². The van der Waals surface area contributed by atoms with Gasteiger partial charge in [0.05, 0.1) is 6.10 Å². The molecule has 0 radical (unpaired) electrons. The van der Waals surface area contributed by atoms with E-state index in [-0.39, 0.29) is 35.0 Å². The fourth-order valence-electron chi connectivity index (χ4n) is 2.09. The zero-order valence-electron chi connectivity index (χ0n) is 13.8. The average molecular weight is 316 g/mol. The van der Waals surface area contributed by atoms with E-state index in [0.29, 0.717) is 12.8 Å². The third-order valence-electron chi connectivity index (χ3n) is 3.62. The van der Waals surface area contributed by atoms with Crippen LogP contribution in [0.4, 0.5) is 0 Å². The van der Waals surface area contributed by atoms with Crippen LogP contribution in [0.15, 0.2) is 0 Å². The molecule has 0 aliphatic carbocycles. The normalized spacial score (nSPS) is 13.8. The molecule has 116 valence electrons. The van der Waals surface area contributed by atoms with E-state index in [4.69, 9.17) is 4.18 Å². The van der Waals surface area contributed by atoms with Gasteiger partial charge in [0.1, 0.15) is 0 Å². The Morgan fingerprint density at radius 3 is 2.10 bits per heavy atom. The molecule has 0 bridgehead atoms. The van der Waals surface area contributed by atoms with Crippen LogP contribution in [0.25, 0.3) is 0 Å². The van der Waals surface area contributed by atoms with Crippen molar-refractivity contribution in [3.05, 3.63) is 0 Å². The smallest absolute Gasteiger partial charge is 0.726 e. The van der Waals surface area contributed by atoms with Gasteiger partial charge >= 0.3 is 29.6 Å². The molecule has 6 heteroatoms. The van der Waals surface area contributed by atoms with Gasteiger partial charge in [0, 0.05) is 0 Å². The summed E-state index contributed by atoms with van der Waals surface area (Å²) in [6, 6.07) is 0. The minimum Gasteiger partial charge on any atom is -0.726 e. The zero-order chi connectivity index (χ0) is 14.9. The van der Waals surface area contributed by atoms with Crippen molar-refractivity contribution in [2.24, 2.45) is 5.41 Å². The van der Waals surface area contributed by atoms with Crippen LogP contribution in [0.3, 0.4) is 0 Å². The van der Waals surface area contributed by atoms with E-state index in [9.17, 15) is 13.0 Å². The molecule has 0 saturated carbocycles. The largest absolute Gasteiger partial charge is 1.00 e. The van der Waals surface area contributed by atoms with Crippen molar-refractivity contribution in [1.29, 1.82) is 0 Å². The minimum absolute atomic E-state index is 0. The average Bonchev–Trinajstić information content (AvgIpc) is 2.26. The first-order valence-electron chi connectivity index (χ1n) is 7.34. The van der Waals surface area contributed by atoms with Crippen molar-refractivity contribution in [3.8, 4) is 0 Å². The van der Waals surface area contributed by atoms with E-state index < -0.39 is 16.5 Å². The first-order chi connectivity index (χ1) is 8.70. The molecule has 0 saturated heterocycles. The molecule has 0 amide bonds. The molecule has 0 aromatic rings. The summed E-state index contributed by atoms with van der Waals surface area (Å²) in [5.41, 5.74) is -0.00122. The molecule has 0 N–H and O–H groups in total. The Hall–Kier alpha value is 0.870. The van der Waals surface area contributed by atoms with Gasteiger partial charge in [-0.1, -0.05) is 66.2 Å². The monoisotopic (exact) mass is 316 g/mol. The quantitative estimate of drug-likeness (QED) is 0.247. The second-order valence-corrected chi connectivity index (χ2v) is 7.06. The minimum atomic E-state index is -4.60. The Morgan fingerprint density at radius 1 is 1.10 bits per heavy atom. The van der Waals surface area contributed by atoms with Gasteiger partial charge in [-0.15, -0.1) is 0 Å². The van der Waals surface area contributed by atoms with Crippen LogP contribution in [0, 0.1) is 5.41 Å². The molecule has 0 rings (SSSR count). The van der Waals surface area contributed by atoms with Gasteiger partial charge in [0.15, 0.2) is 0 Å². The van der Waals surface area contributed by atoms with Gasteiger partial charge in [0.2, 0.25) is 10.4 Å². The molecular formula is C14H29NaO4S. The summed E-state index contributed by atoms with van der Waals surface area (Å²) in [5.74, 6) is 0. The number of hydrogen-bond donors (Lipinski definition) is 0. The van der Waals surface area contributed by atoms with Crippen LogP contribution < -0.4 is 29.6 Å². The van der Waals surface area contributed by atoms with Crippen molar-refractivity contribution in [1.82, 2.24) is 0 Å². The molecule has 0 heterocycles. The Balaban J connectivity index is 0. The molecule has 0 aromatic heterocycles. The summed E-state index contributed by atoms with van der Waals surface area (Å²) in [6.07, 6.45) is 7.24. The molecule has 0 fully saturated rings. The summed E-state index contributed by atoms with van der Waals surface area (Å²) < 4.78 is 37.0. The third-order valence-corrected chi connectivity index (χ3v) is 4.13. The molecule has 0 aromatic carbocycles. The van der Waals surface area contributed by atoms with Crippen LogP contribution in [-0.2, 0) is 14.6 Å². The van der Waals surface area contributed by atoms with Gasteiger partial charge in [-0.2, -0.15) is 0 Å². The molecule has 0 spiro atoms. The van der Waals surface area contributed by atoms with Gasteiger partial charge in [-0.3, -0.25) is 4.18 Å². The molecule has 20 heavy (non-hydrogen) atoms. The summed E-state index contributed by atoms with van der Waals surface area (Å²) in [6.45, 7) is 8.35. The fraction of sp³-hybridized carbons (Fsp3) is 1.00. The predicted octanol–water partition coefficient (Wildman–Crippen LogP) is 1.02. The van der Waals surface area contributed by atoms with E-state index in [2.05, 4.69) is 27.7 Å². The summed E-state index contributed by atoms with van der Waals surface area (Å²) in [4.78, 5) is 0. The second kappa shape index (κ2) is 11.4. The Bertz CT molecular complexity index is 328. The van der Waals surface area contributed by atoms with Crippen molar-refractivity contribution in [2.75, 3.05) is 0 Å². The third kappa shape index (κ3) is 13.8. The van der Waals surface area contributed by atoms with Gasteiger partial charge in [-0.25, -0.2) is 8.42 Å². The maximum absolute atomic E-state index is 10.8. The topological polar surface area (TPSA) is 66.4 Å². The summed E-state index contributed by atoms with van der Waals surface area (Å²) in [5, 5.41) is 0. The predicted molar refractivity (Wildman–Crippen MR) is 76.6 cm³/mol. The van der Waals surface area contributed by atoms with Crippen molar-refractivity contribution in [3.63, 3.8) is 0 Å². The fourth-order valence-corrected chi connectivity index (χ4v) is 2.58. The maximum atomic E-state index is 10.8. The molecular weight excluding hydrogens is 287 g/mol. The van der Waals surface area contributed by atoms with E-state index in [1.54, 1.807) is 0 Å². The van der Waals surface area contributed by atoms with Crippen LogP contribution >= 0.6 is 0 Å². The molecule has 0 aliphatic rings. The van der Waals surface area contributed by atoms with Crippen molar-refractivity contribution in [2.45, 2.75) is 85.2 Å². The van der Waals surface area contributed by atoms with Gasteiger partial charge in [0.25, 0.3) is 0 Å². The SMILES string of the molecule is CCCCCCCC(CC(C)(C)CC)OS(=O)(=O)[O-].[Na+]. The number of unbranched alkanes of at least 4 members (excludes halogenated alkanes) is 4. The molecule has 0 aliphatic heterocycles. The summed E-state index contributed by atoms with van der Waals surface area (Å²) >= 11 is 0. The van der Waals surface area contributed by atoms with Crippen LogP contribution in [-0.4, -0.2) is 19.1 Å². The van der Waals surface area contributed by atoms with E-state index in [0.717, 1.165) is 25.7 Å². The molecule has 4 nitrogen and oxygen atoms in total. The first-order valence-corrected chi connectivity index (χ1v) is 8.67. The second-order valence-electron chi connectivity index (χ2n) is 6.05. The molecule has 1 unspecified atom stereocenters.